The van der Waals surface area contributed by atoms with E-state index in [1.54, 1.807) is 0 Å². The highest BCUT2D eigenvalue weighted by Gasteiger charge is 2.35. The minimum atomic E-state index is -4.48. The third-order valence-electron chi connectivity index (χ3n) is 2.37. The number of hydrogen-bond acceptors (Lipinski definition) is 3. The van der Waals surface area contributed by atoms with Crippen molar-refractivity contribution in [3.8, 4) is 0 Å². The number of halogens is 2. The van der Waals surface area contributed by atoms with Crippen LogP contribution in [0.15, 0.2) is 0 Å². The summed E-state index contributed by atoms with van der Waals surface area (Å²) in [6.07, 6.45) is 1.17. The van der Waals surface area contributed by atoms with Crippen LogP contribution in [0.4, 0.5) is 8.78 Å². The van der Waals surface area contributed by atoms with E-state index >= 15 is 0 Å². The molecule has 0 aliphatic carbocycles. The predicted octanol–water partition coefficient (Wildman–Crippen LogP) is 0.537. The lowest BCUT2D eigenvalue weighted by atomic mass is 10.0. The highest BCUT2D eigenvalue weighted by Crippen LogP contribution is 2.22. The van der Waals surface area contributed by atoms with Gasteiger partial charge in [-0.05, 0) is 12.8 Å². The molecule has 1 rings (SSSR count). The normalized spacial score (nSPS) is 24.3. The highest BCUT2D eigenvalue weighted by atomic mass is 32.2. The molecule has 8 heteroatoms. The zero-order valence-corrected chi connectivity index (χ0v) is 9.53. The van der Waals surface area contributed by atoms with Crippen LogP contribution in [-0.4, -0.2) is 36.6 Å². The van der Waals surface area contributed by atoms with E-state index in [0.29, 0.717) is 12.8 Å². The van der Waals surface area contributed by atoms with Gasteiger partial charge in [-0.3, -0.25) is 0 Å². The van der Waals surface area contributed by atoms with E-state index in [-0.39, 0.29) is 24.0 Å². The smallest absolute Gasteiger partial charge is 0.350 e. The molecule has 0 spiro atoms. The van der Waals surface area contributed by atoms with Gasteiger partial charge < -0.3 is 5.73 Å². The van der Waals surface area contributed by atoms with Crippen LogP contribution >= 0.6 is 12.2 Å². The number of thiocarbonyl (C=S) groups is 1. The topological polar surface area (TPSA) is 63.4 Å². The van der Waals surface area contributed by atoms with Gasteiger partial charge in [0.1, 0.15) is 0 Å². The van der Waals surface area contributed by atoms with Gasteiger partial charge in [-0.15, -0.1) is 0 Å². The van der Waals surface area contributed by atoms with Crippen LogP contribution in [0.1, 0.15) is 12.8 Å². The van der Waals surface area contributed by atoms with E-state index in [9.17, 15) is 17.2 Å². The molecule has 1 fully saturated rings. The van der Waals surface area contributed by atoms with E-state index in [0.717, 1.165) is 4.31 Å². The van der Waals surface area contributed by atoms with E-state index in [4.69, 9.17) is 18.0 Å². The monoisotopic (exact) mass is 258 g/mol. The fourth-order valence-corrected chi connectivity index (χ4v) is 2.71. The van der Waals surface area contributed by atoms with E-state index < -0.39 is 15.8 Å². The second-order valence-electron chi connectivity index (χ2n) is 3.41. The molecule has 4 nitrogen and oxygen atoms in total. The first-order valence-corrected chi connectivity index (χ1v) is 6.33. The summed E-state index contributed by atoms with van der Waals surface area (Å²) in [7, 11) is -4.48. The Morgan fingerprint density at radius 1 is 1.53 bits per heavy atom. The highest BCUT2D eigenvalue weighted by molar-refractivity contribution is 7.89. The van der Waals surface area contributed by atoms with Gasteiger partial charge >= 0.3 is 5.76 Å². The molecule has 0 saturated carbocycles. The maximum Gasteiger partial charge on any atom is 0.350 e. The Labute approximate surface area is 92.5 Å². The van der Waals surface area contributed by atoms with E-state index in [1.165, 1.54) is 0 Å². The van der Waals surface area contributed by atoms with Crippen molar-refractivity contribution in [3.05, 3.63) is 0 Å². The maximum atomic E-state index is 12.2. The average molecular weight is 258 g/mol. The Hall–Kier alpha value is -0.340. The zero-order chi connectivity index (χ0) is 11.6. The molecule has 1 atom stereocenters. The quantitative estimate of drug-likeness (QED) is 0.750. The van der Waals surface area contributed by atoms with Crippen molar-refractivity contribution >= 4 is 27.2 Å². The molecule has 0 aromatic rings. The number of hydrogen-bond donors (Lipinski definition) is 1. The summed E-state index contributed by atoms with van der Waals surface area (Å²) in [5, 5.41) is 0. The van der Waals surface area contributed by atoms with Gasteiger partial charge in [0, 0.05) is 19.0 Å². The molecular formula is C7H12F2N2O2S2. The Balaban J connectivity index is 2.77. The lowest BCUT2D eigenvalue weighted by molar-refractivity contribution is 0.209. The summed E-state index contributed by atoms with van der Waals surface area (Å²) in [4.78, 5) is 0.184. The Morgan fingerprint density at radius 3 is 2.60 bits per heavy atom. The summed E-state index contributed by atoms with van der Waals surface area (Å²) >= 11 is 4.73. The van der Waals surface area contributed by atoms with Crippen LogP contribution in [0.3, 0.4) is 0 Å². The molecule has 2 N–H and O–H groups in total. The number of nitrogens with zero attached hydrogens (tertiary/aromatic N) is 1. The molecule has 1 aliphatic rings. The summed E-state index contributed by atoms with van der Waals surface area (Å²) in [6, 6.07) is 0. The van der Waals surface area contributed by atoms with Gasteiger partial charge in [0.05, 0.1) is 4.99 Å². The maximum absolute atomic E-state index is 12.2. The third-order valence-corrected chi connectivity index (χ3v) is 4.21. The van der Waals surface area contributed by atoms with Gasteiger partial charge in [-0.2, -0.15) is 13.1 Å². The van der Waals surface area contributed by atoms with Gasteiger partial charge in [0.15, 0.2) is 0 Å². The fraction of sp³-hybridized carbons (Fsp3) is 0.857. The zero-order valence-electron chi connectivity index (χ0n) is 7.90. The van der Waals surface area contributed by atoms with Crippen LogP contribution in [0.25, 0.3) is 0 Å². The number of alkyl halides is 2. The van der Waals surface area contributed by atoms with Gasteiger partial charge in [0.25, 0.3) is 10.0 Å². The molecule has 0 aromatic carbocycles. The Morgan fingerprint density at radius 2 is 2.13 bits per heavy atom. The van der Waals surface area contributed by atoms with Crippen LogP contribution < -0.4 is 5.73 Å². The van der Waals surface area contributed by atoms with Crippen molar-refractivity contribution in [2.45, 2.75) is 18.6 Å². The first kappa shape index (κ1) is 12.7. The average Bonchev–Trinajstić information content (AvgIpc) is 2.17. The number of piperidine rings is 1. The summed E-state index contributed by atoms with van der Waals surface area (Å²) in [5.74, 6) is -3.66. The second kappa shape index (κ2) is 4.67. The second-order valence-corrected chi connectivity index (χ2v) is 5.78. The van der Waals surface area contributed by atoms with E-state index in [1.807, 2.05) is 0 Å². The lowest BCUT2D eigenvalue weighted by Crippen LogP contribution is -2.45. The first-order valence-electron chi connectivity index (χ1n) is 4.42. The van der Waals surface area contributed by atoms with Crippen LogP contribution in [0.5, 0.6) is 0 Å². The molecule has 88 valence electrons. The van der Waals surface area contributed by atoms with Gasteiger partial charge in [-0.25, -0.2) is 8.42 Å². The van der Waals surface area contributed by atoms with Gasteiger partial charge in [0.2, 0.25) is 0 Å². The minimum Gasteiger partial charge on any atom is -0.393 e. The largest absolute Gasteiger partial charge is 0.393 e. The summed E-state index contributed by atoms with van der Waals surface area (Å²) < 4.78 is 47.5. The standard InChI is InChI=1S/C7H12F2N2O2S2/c8-7(9)15(12,13)11-3-1-2-5(4-11)6(10)14/h5,7H,1-4H2,(H2,10,14). The minimum absolute atomic E-state index is 0.0258. The number of rotatable bonds is 3. The molecule has 1 aliphatic heterocycles. The van der Waals surface area contributed by atoms with Crippen molar-refractivity contribution < 1.29 is 17.2 Å². The van der Waals surface area contributed by atoms with Crippen molar-refractivity contribution in [1.29, 1.82) is 0 Å². The Kier molecular flexibility index (Phi) is 3.96. The molecule has 0 amide bonds. The van der Waals surface area contributed by atoms with Crippen molar-refractivity contribution in [2.24, 2.45) is 11.7 Å². The molecule has 0 radical (unpaired) electrons. The molecule has 0 aromatic heterocycles. The third kappa shape index (κ3) is 2.82. The number of sulfonamides is 1. The van der Waals surface area contributed by atoms with Crippen molar-refractivity contribution in [2.75, 3.05) is 13.1 Å². The van der Waals surface area contributed by atoms with Crippen molar-refractivity contribution in [3.63, 3.8) is 0 Å². The molecular weight excluding hydrogens is 246 g/mol. The fourth-order valence-electron chi connectivity index (χ4n) is 1.52. The first-order chi connectivity index (χ1) is 6.85. The molecule has 1 heterocycles. The number of nitrogens with two attached hydrogens (primary N) is 1. The van der Waals surface area contributed by atoms with Crippen LogP contribution in [0, 0.1) is 5.92 Å². The molecule has 15 heavy (non-hydrogen) atoms. The lowest BCUT2D eigenvalue weighted by Gasteiger charge is -2.30. The van der Waals surface area contributed by atoms with Crippen molar-refractivity contribution in [1.82, 2.24) is 4.31 Å². The molecule has 1 saturated heterocycles. The van der Waals surface area contributed by atoms with Gasteiger partial charge in [-0.1, -0.05) is 12.2 Å². The van der Waals surface area contributed by atoms with Crippen LogP contribution in [0.2, 0.25) is 0 Å². The van der Waals surface area contributed by atoms with Crippen LogP contribution in [-0.2, 0) is 10.0 Å². The molecule has 1 unspecified atom stereocenters. The predicted molar refractivity (Wildman–Crippen MR) is 56.0 cm³/mol. The summed E-state index contributed by atoms with van der Waals surface area (Å²) in [6.45, 7) is 0.0911. The molecule has 0 bridgehead atoms. The SMILES string of the molecule is NC(=S)C1CCCN(S(=O)(=O)C(F)F)C1. The summed E-state index contributed by atoms with van der Waals surface area (Å²) in [5.41, 5.74) is 5.37. The Bertz CT molecular complexity index is 345. The van der Waals surface area contributed by atoms with E-state index in [2.05, 4.69) is 0 Å².